The number of hydrogen-bond donors (Lipinski definition) is 1. The summed E-state index contributed by atoms with van der Waals surface area (Å²) in [7, 11) is 0. The summed E-state index contributed by atoms with van der Waals surface area (Å²) < 4.78 is 18.8. The lowest BCUT2D eigenvalue weighted by atomic mass is 10.3. The molecule has 0 aliphatic heterocycles. The van der Waals surface area contributed by atoms with E-state index in [4.69, 9.17) is 4.74 Å². The van der Waals surface area contributed by atoms with E-state index >= 15 is 0 Å². The van der Waals surface area contributed by atoms with Gasteiger partial charge in [-0.3, -0.25) is 4.79 Å². The highest BCUT2D eigenvalue weighted by molar-refractivity contribution is 8.00. The molecule has 1 N–H and O–H groups in total. The third-order valence-electron chi connectivity index (χ3n) is 3.03. The number of nitrogens with one attached hydrogen (secondary N) is 1. The molecule has 0 radical (unpaired) electrons. The minimum absolute atomic E-state index is 0.0690. The lowest BCUT2D eigenvalue weighted by Gasteiger charge is -2.06. The van der Waals surface area contributed by atoms with Crippen LogP contribution < -0.4 is 5.32 Å². The Kier molecular flexibility index (Phi) is 6.33. The Hall–Kier alpha value is -1.07. The van der Waals surface area contributed by atoms with Gasteiger partial charge in [0, 0.05) is 24.7 Å². The molecule has 110 valence electrons. The van der Waals surface area contributed by atoms with Crippen LogP contribution in [0.2, 0.25) is 0 Å². The Labute approximate surface area is 123 Å². The number of thioether (sulfide) groups is 1. The molecule has 1 aliphatic carbocycles. The summed E-state index contributed by atoms with van der Waals surface area (Å²) in [6.07, 6.45) is 3.41. The lowest BCUT2D eigenvalue weighted by molar-refractivity contribution is -0.118. The van der Waals surface area contributed by atoms with Gasteiger partial charge in [0.25, 0.3) is 0 Å². The number of amides is 1. The van der Waals surface area contributed by atoms with Crippen LogP contribution in [0.3, 0.4) is 0 Å². The number of halogens is 1. The molecule has 0 aromatic heterocycles. The highest BCUT2D eigenvalue weighted by atomic mass is 32.2. The van der Waals surface area contributed by atoms with E-state index in [0.29, 0.717) is 18.0 Å². The summed E-state index contributed by atoms with van der Waals surface area (Å²) in [4.78, 5) is 12.1. The van der Waals surface area contributed by atoms with Crippen LogP contribution in [0.4, 0.5) is 4.39 Å². The maximum atomic E-state index is 13.3. The summed E-state index contributed by atoms with van der Waals surface area (Å²) >= 11 is 1.22. The minimum Gasteiger partial charge on any atom is -0.381 e. The molecule has 1 aliphatic rings. The van der Waals surface area contributed by atoms with Crippen molar-refractivity contribution in [1.82, 2.24) is 5.32 Å². The molecular formula is C15H20FNO2S. The van der Waals surface area contributed by atoms with Gasteiger partial charge < -0.3 is 10.1 Å². The highest BCUT2D eigenvalue weighted by Gasteiger charge is 2.20. The van der Waals surface area contributed by atoms with E-state index < -0.39 is 0 Å². The molecule has 0 saturated heterocycles. The molecule has 20 heavy (non-hydrogen) atoms. The third-order valence-corrected chi connectivity index (χ3v) is 4.08. The number of carbonyl (C=O) groups excluding carboxylic acids is 1. The zero-order valence-corrected chi connectivity index (χ0v) is 12.3. The average Bonchev–Trinajstić information content (AvgIpc) is 3.26. The molecule has 1 amide bonds. The van der Waals surface area contributed by atoms with Crippen molar-refractivity contribution in [3.05, 3.63) is 30.1 Å². The molecule has 1 aromatic carbocycles. The van der Waals surface area contributed by atoms with Crippen LogP contribution in [0.15, 0.2) is 29.2 Å². The summed E-state index contributed by atoms with van der Waals surface area (Å²) in [6.45, 7) is 2.16. The van der Waals surface area contributed by atoms with Crippen LogP contribution in [0.5, 0.6) is 0 Å². The molecule has 0 spiro atoms. The Morgan fingerprint density at radius 1 is 1.40 bits per heavy atom. The van der Waals surface area contributed by atoms with Crippen LogP contribution in [0.25, 0.3) is 0 Å². The zero-order valence-electron chi connectivity index (χ0n) is 11.4. The standard InChI is InChI=1S/C15H20FNO2S/c16-13-4-1-2-5-14(13)20-11-15(18)17-8-3-9-19-10-12-6-7-12/h1-2,4-5,12H,3,6-11H2,(H,17,18). The van der Waals surface area contributed by atoms with Crippen LogP contribution >= 0.6 is 11.8 Å². The van der Waals surface area contributed by atoms with Gasteiger partial charge in [-0.25, -0.2) is 4.39 Å². The number of benzene rings is 1. The van der Waals surface area contributed by atoms with Gasteiger partial charge in [0.05, 0.1) is 5.75 Å². The lowest BCUT2D eigenvalue weighted by Crippen LogP contribution is -2.27. The van der Waals surface area contributed by atoms with Crippen molar-refractivity contribution in [2.24, 2.45) is 5.92 Å². The Balaban J connectivity index is 1.50. The Morgan fingerprint density at radius 3 is 2.95 bits per heavy atom. The first-order chi connectivity index (χ1) is 9.75. The SMILES string of the molecule is O=C(CSc1ccccc1F)NCCCOCC1CC1. The maximum absolute atomic E-state index is 13.3. The van der Waals surface area contributed by atoms with Crippen LogP contribution in [-0.2, 0) is 9.53 Å². The summed E-state index contributed by atoms with van der Waals surface area (Å²) in [5.74, 6) is 0.671. The summed E-state index contributed by atoms with van der Waals surface area (Å²) in [6, 6.07) is 6.48. The molecule has 1 saturated carbocycles. The molecule has 0 bridgehead atoms. The average molecular weight is 297 g/mol. The van der Waals surface area contributed by atoms with Gasteiger partial charge in [-0.05, 0) is 37.3 Å². The molecular weight excluding hydrogens is 277 g/mol. The van der Waals surface area contributed by atoms with Gasteiger partial charge in [0.1, 0.15) is 5.82 Å². The molecule has 1 aromatic rings. The maximum Gasteiger partial charge on any atom is 0.230 e. The van der Waals surface area contributed by atoms with Gasteiger partial charge in [0.2, 0.25) is 5.91 Å². The number of hydrogen-bond acceptors (Lipinski definition) is 3. The van der Waals surface area contributed by atoms with E-state index in [1.165, 1.54) is 30.7 Å². The van der Waals surface area contributed by atoms with Crippen molar-refractivity contribution in [2.75, 3.05) is 25.5 Å². The second-order valence-corrected chi connectivity index (χ2v) is 5.96. The van der Waals surface area contributed by atoms with Crippen molar-refractivity contribution in [1.29, 1.82) is 0 Å². The fourth-order valence-corrected chi connectivity index (χ4v) is 2.46. The smallest absolute Gasteiger partial charge is 0.230 e. The van der Waals surface area contributed by atoms with E-state index in [-0.39, 0.29) is 17.5 Å². The predicted octanol–water partition coefficient (Wildman–Crippen LogP) is 2.85. The molecule has 3 nitrogen and oxygen atoms in total. The minimum atomic E-state index is -0.279. The summed E-state index contributed by atoms with van der Waals surface area (Å²) in [5, 5.41) is 2.81. The van der Waals surface area contributed by atoms with Crippen molar-refractivity contribution in [2.45, 2.75) is 24.2 Å². The Morgan fingerprint density at radius 2 is 2.20 bits per heavy atom. The van der Waals surface area contributed by atoms with Crippen molar-refractivity contribution >= 4 is 17.7 Å². The van der Waals surface area contributed by atoms with Crippen molar-refractivity contribution in [3.8, 4) is 0 Å². The molecule has 5 heteroatoms. The molecule has 0 heterocycles. The van der Waals surface area contributed by atoms with E-state index in [1.54, 1.807) is 18.2 Å². The van der Waals surface area contributed by atoms with Crippen molar-refractivity contribution < 1.29 is 13.9 Å². The quantitative estimate of drug-likeness (QED) is 0.562. The van der Waals surface area contributed by atoms with E-state index in [2.05, 4.69) is 5.32 Å². The molecule has 2 rings (SSSR count). The van der Waals surface area contributed by atoms with Gasteiger partial charge >= 0.3 is 0 Å². The number of rotatable bonds is 9. The fourth-order valence-electron chi connectivity index (χ4n) is 1.69. The zero-order chi connectivity index (χ0) is 14.2. The summed E-state index contributed by atoms with van der Waals surface area (Å²) in [5.41, 5.74) is 0. The van der Waals surface area contributed by atoms with Gasteiger partial charge in [-0.1, -0.05) is 12.1 Å². The second-order valence-electron chi connectivity index (χ2n) is 4.94. The Bertz CT molecular complexity index is 438. The predicted molar refractivity (Wildman–Crippen MR) is 78.3 cm³/mol. The first-order valence-corrected chi connectivity index (χ1v) is 7.96. The van der Waals surface area contributed by atoms with E-state index in [9.17, 15) is 9.18 Å². The largest absolute Gasteiger partial charge is 0.381 e. The van der Waals surface area contributed by atoms with Gasteiger partial charge in [-0.15, -0.1) is 11.8 Å². The second kappa shape index (κ2) is 8.27. The first kappa shape index (κ1) is 15.3. The first-order valence-electron chi connectivity index (χ1n) is 6.97. The highest BCUT2D eigenvalue weighted by Crippen LogP contribution is 2.28. The van der Waals surface area contributed by atoms with E-state index in [0.717, 1.165) is 18.9 Å². The number of ether oxygens (including phenoxy) is 1. The van der Waals surface area contributed by atoms with Crippen LogP contribution in [0.1, 0.15) is 19.3 Å². The number of carbonyl (C=O) groups is 1. The van der Waals surface area contributed by atoms with Gasteiger partial charge in [0.15, 0.2) is 0 Å². The molecule has 0 atom stereocenters. The van der Waals surface area contributed by atoms with Crippen molar-refractivity contribution in [3.63, 3.8) is 0 Å². The molecule has 1 fully saturated rings. The topological polar surface area (TPSA) is 38.3 Å². The van der Waals surface area contributed by atoms with Crippen LogP contribution in [0, 0.1) is 11.7 Å². The van der Waals surface area contributed by atoms with E-state index in [1.807, 2.05) is 0 Å². The van der Waals surface area contributed by atoms with Gasteiger partial charge in [-0.2, -0.15) is 0 Å². The third kappa shape index (κ3) is 5.92. The molecule has 0 unspecified atom stereocenters. The monoisotopic (exact) mass is 297 g/mol. The van der Waals surface area contributed by atoms with Crippen LogP contribution in [-0.4, -0.2) is 31.4 Å². The fraction of sp³-hybridized carbons (Fsp3) is 0.533. The normalized spacial score (nSPS) is 14.2.